The van der Waals surface area contributed by atoms with Crippen LogP contribution < -0.4 is 10.6 Å². The smallest absolute Gasteiger partial charge is 0.227 e. The van der Waals surface area contributed by atoms with Gasteiger partial charge in [-0.1, -0.05) is 11.8 Å². The van der Waals surface area contributed by atoms with Crippen molar-refractivity contribution in [2.45, 2.75) is 20.3 Å². The first-order chi connectivity index (χ1) is 8.97. The van der Waals surface area contributed by atoms with Gasteiger partial charge in [0.15, 0.2) is 5.12 Å². The highest BCUT2D eigenvalue weighted by Crippen LogP contribution is 2.29. The molecule has 0 aromatic heterocycles. The zero-order valence-electron chi connectivity index (χ0n) is 11.2. The van der Waals surface area contributed by atoms with E-state index >= 15 is 0 Å². The van der Waals surface area contributed by atoms with Crippen molar-refractivity contribution < 1.29 is 9.59 Å². The maximum Gasteiger partial charge on any atom is 0.227 e. The Bertz CT molecular complexity index is 516. The predicted octanol–water partition coefficient (Wildman–Crippen LogP) is 2.21. The summed E-state index contributed by atoms with van der Waals surface area (Å²) in [6.07, 6.45) is 0.518. The Morgan fingerprint density at radius 2 is 2.26 bits per heavy atom. The van der Waals surface area contributed by atoms with E-state index in [1.807, 2.05) is 25.1 Å². The van der Waals surface area contributed by atoms with E-state index in [2.05, 4.69) is 0 Å². The summed E-state index contributed by atoms with van der Waals surface area (Å²) in [5.74, 6) is 1.09. The first-order valence-corrected chi connectivity index (χ1v) is 7.26. The molecule has 4 nitrogen and oxygen atoms in total. The largest absolute Gasteiger partial charge is 0.399 e. The summed E-state index contributed by atoms with van der Waals surface area (Å²) in [6, 6.07) is 5.64. The topological polar surface area (TPSA) is 63.4 Å². The highest BCUT2D eigenvalue weighted by molar-refractivity contribution is 8.13. The third-order valence-electron chi connectivity index (χ3n) is 3.29. The lowest BCUT2D eigenvalue weighted by atomic mass is 10.1. The molecular formula is C14H18N2O2S. The van der Waals surface area contributed by atoms with Crippen LogP contribution in [0.5, 0.6) is 0 Å². The highest BCUT2D eigenvalue weighted by Gasteiger charge is 2.30. The van der Waals surface area contributed by atoms with Crippen molar-refractivity contribution in [1.29, 1.82) is 0 Å². The number of hydrogen-bond acceptors (Lipinski definition) is 4. The van der Waals surface area contributed by atoms with Crippen molar-refractivity contribution in [3.63, 3.8) is 0 Å². The van der Waals surface area contributed by atoms with Crippen molar-refractivity contribution in [2.75, 3.05) is 22.9 Å². The number of thioether (sulfide) groups is 1. The lowest BCUT2D eigenvalue weighted by molar-refractivity contribution is -0.117. The number of benzene rings is 1. The molecule has 0 bridgehead atoms. The van der Waals surface area contributed by atoms with Crippen molar-refractivity contribution in [3.05, 3.63) is 23.8 Å². The fraction of sp³-hybridized carbons (Fsp3) is 0.429. The van der Waals surface area contributed by atoms with Gasteiger partial charge in [-0.15, -0.1) is 0 Å². The van der Waals surface area contributed by atoms with Gasteiger partial charge in [-0.3, -0.25) is 9.59 Å². The molecule has 1 aliphatic rings. The predicted molar refractivity (Wildman–Crippen MR) is 79.2 cm³/mol. The Labute approximate surface area is 117 Å². The van der Waals surface area contributed by atoms with Gasteiger partial charge in [0, 0.05) is 37.0 Å². The molecule has 19 heavy (non-hydrogen) atoms. The number of anilines is 2. The lowest BCUT2D eigenvalue weighted by Gasteiger charge is -2.17. The molecule has 0 radical (unpaired) electrons. The van der Waals surface area contributed by atoms with Crippen LogP contribution in [0.1, 0.15) is 18.9 Å². The molecular weight excluding hydrogens is 260 g/mol. The summed E-state index contributed by atoms with van der Waals surface area (Å²) in [4.78, 5) is 24.8. The molecule has 2 N–H and O–H groups in total. The van der Waals surface area contributed by atoms with Gasteiger partial charge >= 0.3 is 0 Å². The number of aryl methyl sites for hydroxylation is 1. The molecule has 1 amide bonds. The van der Waals surface area contributed by atoms with E-state index in [1.165, 1.54) is 11.8 Å². The quantitative estimate of drug-likeness (QED) is 0.861. The van der Waals surface area contributed by atoms with E-state index in [4.69, 9.17) is 5.73 Å². The molecule has 1 aromatic carbocycles. The number of amides is 1. The van der Waals surface area contributed by atoms with E-state index in [1.54, 1.807) is 11.8 Å². The van der Waals surface area contributed by atoms with Crippen LogP contribution in [0.2, 0.25) is 0 Å². The van der Waals surface area contributed by atoms with E-state index in [-0.39, 0.29) is 16.9 Å². The Morgan fingerprint density at radius 3 is 2.89 bits per heavy atom. The van der Waals surface area contributed by atoms with Crippen molar-refractivity contribution in [3.8, 4) is 0 Å². The SMILES string of the molecule is CC(=O)SCC1CC(=O)N(c2ccc(N)c(C)c2)C1. The Kier molecular flexibility index (Phi) is 4.14. The molecule has 1 aliphatic heterocycles. The molecule has 5 heteroatoms. The summed E-state index contributed by atoms with van der Waals surface area (Å²) in [5, 5.41) is 0.106. The van der Waals surface area contributed by atoms with Gasteiger partial charge in [-0.25, -0.2) is 0 Å². The molecule has 1 atom stereocenters. The maximum absolute atomic E-state index is 12.0. The van der Waals surface area contributed by atoms with Crippen LogP contribution >= 0.6 is 11.8 Å². The van der Waals surface area contributed by atoms with Gasteiger partial charge in [0.1, 0.15) is 0 Å². The second kappa shape index (κ2) is 5.65. The standard InChI is InChI=1S/C14H18N2O2S/c1-9-5-12(3-4-13(9)15)16-7-11(6-14(16)18)8-19-10(2)17/h3-5,11H,6-8,15H2,1-2H3. The number of nitrogens with two attached hydrogens (primary N) is 1. The zero-order valence-corrected chi connectivity index (χ0v) is 12.0. The highest BCUT2D eigenvalue weighted by atomic mass is 32.2. The van der Waals surface area contributed by atoms with Gasteiger partial charge in [0.2, 0.25) is 5.91 Å². The Morgan fingerprint density at radius 1 is 1.53 bits per heavy atom. The third-order valence-corrected chi connectivity index (χ3v) is 4.34. The molecule has 0 aliphatic carbocycles. The van der Waals surface area contributed by atoms with Crippen LogP contribution in [0.4, 0.5) is 11.4 Å². The summed E-state index contributed by atoms with van der Waals surface area (Å²) in [5.41, 5.74) is 8.40. The minimum Gasteiger partial charge on any atom is -0.399 e. The van der Waals surface area contributed by atoms with Crippen LogP contribution in [0.15, 0.2) is 18.2 Å². The lowest BCUT2D eigenvalue weighted by Crippen LogP contribution is -2.24. The molecule has 2 rings (SSSR count). The fourth-order valence-corrected chi connectivity index (χ4v) is 2.90. The molecule has 1 heterocycles. The summed E-state index contributed by atoms with van der Waals surface area (Å²) in [7, 11) is 0. The van der Waals surface area contributed by atoms with E-state index in [9.17, 15) is 9.59 Å². The fourth-order valence-electron chi connectivity index (χ4n) is 2.21. The van der Waals surface area contributed by atoms with Gasteiger partial charge in [-0.05, 0) is 36.6 Å². The molecule has 102 valence electrons. The number of carbonyl (C=O) groups is 2. The second-order valence-electron chi connectivity index (χ2n) is 4.92. The number of nitrogens with zero attached hydrogens (tertiary/aromatic N) is 1. The van der Waals surface area contributed by atoms with Gasteiger partial charge < -0.3 is 10.6 Å². The van der Waals surface area contributed by atoms with Gasteiger partial charge in [0.25, 0.3) is 0 Å². The maximum atomic E-state index is 12.0. The van der Waals surface area contributed by atoms with Crippen molar-refractivity contribution in [1.82, 2.24) is 0 Å². The zero-order chi connectivity index (χ0) is 14.0. The Balaban J connectivity index is 2.07. The summed E-state index contributed by atoms with van der Waals surface area (Å²) in [6.45, 7) is 4.17. The second-order valence-corrected chi connectivity index (χ2v) is 6.11. The minimum atomic E-state index is 0.106. The summed E-state index contributed by atoms with van der Waals surface area (Å²) < 4.78 is 0. The number of rotatable bonds is 3. The molecule has 0 saturated carbocycles. The number of hydrogen-bond donors (Lipinski definition) is 1. The first-order valence-electron chi connectivity index (χ1n) is 6.27. The monoisotopic (exact) mass is 278 g/mol. The van der Waals surface area contributed by atoms with Crippen LogP contribution in [0, 0.1) is 12.8 Å². The minimum absolute atomic E-state index is 0.106. The number of carbonyl (C=O) groups excluding carboxylic acids is 2. The number of nitrogen functional groups attached to an aromatic ring is 1. The van der Waals surface area contributed by atoms with Gasteiger partial charge in [0.05, 0.1) is 0 Å². The first kappa shape index (κ1) is 13.9. The van der Waals surface area contributed by atoms with Crippen LogP contribution in [0.25, 0.3) is 0 Å². The normalized spacial score (nSPS) is 18.9. The summed E-state index contributed by atoms with van der Waals surface area (Å²) >= 11 is 1.30. The molecule has 1 aromatic rings. The molecule has 1 fully saturated rings. The van der Waals surface area contributed by atoms with E-state index in [0.29, 0.717) is 18.7 Å². The van der Waals surface area contributed by atoms with Crippen molar-refractivity contribution >= 4 is 34.2 Å². The van der Waals surface area contributed by atoms with E-state index in [0.717, 1.165) is 16.9 Å². The average molecular weight is 278 g/mol. The van der Waals surface area contributed by atoms with Crippen LogP contribution in [-0.2, 0) is 9.59 Å². The molecule has 1 saturated heterocycles. The van der Waals surface area contributed by atoms with E-state index < -0.39 is 0 Å². The van der Waals surface area contributed by atoms with Gasteiger partial charge in [-0.2, -0.15) is 0 Å². The van der Waals surface area contributed by atoms with Crippen LogP contribution in [0.3, 0.4) is 0 Å². The molecule has 0 spiro atoms. The average Bonchev–Trinajstić information content (AvgIpc) is 2.72. The van der Waals surface area contributed by atoms with Crippen LogP contribution in [-0.4, -0.2) is 23.3 Å². The van der Waals surface area contributed by atoms with Crippen molar-refractivity contribution in [2.24, 2.45) is 5.92 Å². The molecule has 1 unspecified atom stereocenters. The Hall–Kier alpha value is -1.49. The third kappa shape index (κ3) is 3.29.